The van der Waals surface area contributed by atoms with Crippen molar-refractivity contribution in [3.05, 3.63) is 47.6 Å². The van der Waals surface area contributed by atoms with E-state index in [-0.39, 0.29) is 0 Å². The molecular formula is C16H18N4OS. The van der Waals surface area contributed by atoms with Crippen LogP contribution in [0.4, 0.5) is 0 Å². The molecule has 0 amide bonds. The van der Waals surface area contributed by atoms with Gasteiger partial charge in [-0.15, -0.1) is 5.10 Å². The topological polar surface area (TPSA) is 67.6 Å². The van der Waals surface area contributed by atoms with Crippen molar-refractivity contribution in [2.45, 2.75) is 37.6 Å². The van der Waals surface area contributed by atoms with Crippen molar-refractivity contribution in [1.82, 2.24) is 20.2 Å². The lowest BCUT2D eigenvalue weighted by Gasteiger charge is -1.96. The largest absolute Gasteiger partial charge is 0.444 e. The van der Waals surface area contributed by atoms with Crippen LogP contribution in [0, 0.1) is 6.92 Å². The minimum absolute atomic E-state index is 0.349. The Hall–Kier alpha value is -2.08. The third-order valence-electron chi connectivity index (χ3n) is 3.23. The molecular weight excluding hydrogens is 296 g/mol. The number of benzene rings is 1. The van der Waals surface area contributed by atoms with E-state index in [0.29, 0.717) is 17.6 Å². The van der Waals surface area contributed by atoms with Crippen LogP contribution in [0.5, 0.6) is 0 Å². The molecule has 0 spiro atoms. The fourth-order valence-electron chi connectivity index (χ4n) is 1.92. The predicted molar refractivity (Wildman–Crippen MR) is 86.7 cm³/mol. The van der Waals surface area contributed by atoms with Gasteiger partial charge < -0.3 is 4.42 Å². The zero-order valence-corrected chi connectivity index (χ0v) is 13.6. The van der Waals surface area contributed by atoms with Gasteiger partial charge in [0.1, 0.15) is 12.1 Å². The maximum Gasteiger partial charge on any atom is 0.226 e. The average Bonchev–Trinajstić information content (AvgIpc) is 3.15. The zero-order valence-electron chi connectivity index (χ0n) is 12.8. The van der Waals surface area contributed by atoms with E-state index in [2.05, 4.69) is 53.1 Å². The summed E-state index contributed by atoms with van der Waals surface area (Å²) in [6, 6.07) is 8.13. The van der Waals surface area contributed by atoms with Gasteiger partial charge >= 0.3 is 0 Å². The molecule has 0 atom stereocenters. The molecule has 0 saturated carbocycles. The summed E-state index contributed by atoms with van der Waals surface area (Å²) in [5, 5.41) is 7.89. The van der Waals surface area contributed by atoms with Gasteiger partial charge in [0.2, 0.25) is 11.0 Å². The first-order valence-electron chi connectivity index (χ1n) is 7.18. The lowest BCUT2D eigenvalue weighted by atomic mass is 10.1. The molecule has 0 aliphatic heterocycles. The molecule has 2 heterocycles. The van der Waals surface area contributed by atoms with Crippen LogP contribution in [0.1, 0.15) is 36.8 Å². The van der Waals surface area contributed by atoms with Crippen molar-refractivity contribution in [3.63, 3.8) is 0 Å². The molecule has 0 aliphatic rings. The fraction of sp³-hybridized carbons (Fsp3) is 0.312. The summed E-state index contributed by atoms with van der Waals surface area (Å²) >= 11 is 1.55. The summed E-state index contributed by atoms with van der Waals surface area (Å²) in [6.45, 7) is 6.23. The van der Waals surface area contributed by atoms with Crippen molar-refractivity contribution in [2.24, 2.45) is 0 Å². The van der Waals surface area contributed by atoms with Crippen LogP contribution in [0.3, 0.4) is 0 Å². The molecule has 0 unspecified atom stereocenters. The number of aryl methyl sites for hydroxylation is 1. The van der Waals surface area contributed by atoms with E-state index in [0.717, 1.165) is 22.2 Å². The maximum atomic E-state index is 5.55. The van der Waals surface area contributed by atoms with E-state index >= 15 is 0 Å². The van der Waals surface area contributed by atoms with E-state index in [1.807, 2.05) is 12.1 Å². The van der Waals surface area contributed by atoms with Gasteiger partial charge in [-0.05, 0) is 19.1 Å². The summed E-state index contributed by atoms with van der Waals surface area (Å²) < 4.78 is 5.55. The van der Waals surface area contributed by atoms with Crippen LogP contribution in [0.25, 0.3) is 11.5 Å². The Bertz CT molecular complexity index is 746. The lowest BCUT2D eigenvalue weighted by molar-refractivity contribution is 0.573. The SMILES string of the molecule is Cc1ccc(-c2nc(CSc3n[nH]c(C(C)C)n3)co2)cc1. The van der Waals surface area contributed by atoms with Gasteiger partial charge in [-0.25, -0.2) is 9.97 Å². The van der Waals surface area contributed by atoms with Crippen molar-refractivity contribution in [2.75, 3.05) is 0 Å². The second kappa shape index (κ2) is 6.36. The molecule has 1 N–H and O–H groups in total. The highest BCUT2D eigenvalue weighted by Crippen LogP contribution is 2.24. The molecule has 0 saturated heterocycles. The molecule has 1 aromatic carbocycles. The first kappa shape index (κ1) is 14.8. The second-order valence-corrected chi connectivity index (χ2v) is 6.40. The molecule has 0 fully saturated rings. The van der Waals surface area contributed by atoms with Gasteiger partial charge in [-0.3, -0.25) is 5.10 Å². The van der Waals surface area contributed by atoms with Crippen molar-refractivity contribution in [1.29, 1.82) is 0 Å². The minimum Gasteiger partial charge on any atom is -0.444 e. The highest BCUT2D eigenvalue weighted by Gasteiger charge is 2.10. The average molecular weight is 314 g/mol. The smallest absolute Gasteiger partial charge is 0.226 e. The van der Waals surface area contributed by atoms with Crippen LogP contribution in [-0.2, 0) is 5.75 Å². The number of nitrogens with one attached hydrogen (secondary N) is 1. The van der Waals surface area contributed by atoms with Gasteiger partial charge in [0, 0.05) is 17.2 Å². The molecule has 114 valence electrons. The van der Waals surface area contributed by atoms with Crippen molar-refractivity contribution in [3.8, 4) is 11.5 Å². The number of nitrogens with zero attached hydrogens (tertiary/aromatic N) is 3. The van der Waals surface area contributed by atoms with Crippen LogP contribution in [0.15, 0.2) is 40.1 Å². The second-order valence-electron chi connectivity index (χ2n) is 5.46. The summed E-state index contributed by atoms with van der Waals surface area (Å²) in [7, 11) is 0. The molecule has 0 aliphatic carbocycles. The van der Waals surface area contributed by atoms with Crippen LogP contribution >= 0.6 is 11.8 Å². The van der Waals surface area contributed by atoms with E-state index in [1.165, 1.54) is 5.56 Å². The molecule has 0 bridgehead atoms. The number of aromatic nitrogens is 4. The summed E-state index contributed by atoms with van der Waals surface area (Å²) in [6.07, 6.45) is 1.69. The molecule has 0 radical (unpaired) electrons. The lowest BCUT2D eigenvalue weighted by Crippen LogP contribution is -1.89. The highest BCUT2D eigenvalue weighted by atomic mass is 32.2. The quantitative estimate of drug-likeness (QED) is 0.715. The van der Waals surface area contributed by atoms with Crippen LogP contribution < -0.4 is 0 Å². The van der Waals surface area contributed by atoms with Crippen LogP contribution in [0.2, 0.25) is 0 Å². The fourth-order valence-corrected chi connectivity index (χ4v) is 2.60. The van der Waals surface area contributed by atoms with Gasteiger partial charge in [0.15, 0.2) is 0 Å². The Morgan fingerprint density at radius 3 is 2.64 bits per heavy atom. The number of H-pyrrole nitrogens is 1. The normalized spacial score (nSPS) is 11.3. The van der Waals surface area contributed by atoms with Crippen molar-refractivity contribution < 1.29 is 4.42 Å². The molecule has 22 heavy (non-hydrogen) atoms. The minimum atomic E-state index is 0.349. The van der Waals surface area contributed by atoms with Gasteiger partial charge in [-0.1, -0.05) is 43.3 Å². The van der Waals surface area contributed by atoms with Crippen molar-refractivity contribution >= 4 is 11.8 Å². The van der Waals surface area contributed by atoms with E-state index < -0.39 is 0 Å². The predicted octanol–water partition coefficient (Wildman–Crippen LogP) is 4.18. The molecule has 2 aromatic heterocycles. The first-order valence-corrected chi connectivity index (χ1v) is 8.17. The Morgan fingerprint density at radius 1 is 1.18 bits per heavy atom. The third-order valence-corrected chi connectivity index (χ3v) is 4.11. The zero-order chi connectivity index (χ0) is 15.5. The van der Waals surface area contributed by atoms with E-state index in [4.69, 9.17) is 4.42 Å². The standard InChI is InChI=1S/C16H18N4OS/c1-10(2)14-18-16(20-19-14)22-9-13-8-21-15(17-13)12-6-4-11(3)5-7-12/h4-8,10H,9H2,1-3H3,(H,18,19,20). The number of oxazole rings is 1. The molecule has 3 aromatic rings. The van der Waals surface area contributed by atoms with Crippen LogP contribution in [-0.4, -0.2) is 20.2 Å². The van der Waals surface area contributed by atoms with E-state index in [9.17, 15) is 0 Å². The number of aromatic amines is 1. The summed E-state index contributed by atoms with van der Waals surface area (Å²) in [5.74, 6) is 2.59. The molecule has 3 rings (SSSR count). The van der Waals surface area contributed by atoms with Gasteiger partial charge in [0.05, 0.1) is 5.69 Å². The molecule has 5 nitrogen and oxygen atoms in total. The maximum absolute atomic E-state index is 5.55. The highest BCUT2D eigenvalue weighted by molar-refractivity contribution is 7.98. The Kier molecular flexibility index (Phi) is 4.29. The number of hydrogen-bond donors (Lipinski definition) is 1. The monoisotopic (exact) mass is 314 g/mol. The number of rotatable bonds is 5. The Morgan fingerprint density at radius 2 is 1.95 bits per heavy atom. The van der Waals surface area contributed by atoms with Gasteiger partial charge in [-0.2, -0.15) is 0 Å². The van der Waals surface area contributed by atoms with E-state index in [1.54, 1.807) is 18.0 Å². The van der Waals surface area contributed by atoms with Gasteiger partial charge in [0.25, 0.3) is 0 Å². The number of hydrogen-bond acceptors (Lipinski definition) is 5. The third kappa shape index (κ3) is 3.39. The summed E-state index contributed by atoms with van der Waals surface area (Å²) in [5.41, 5.74) is 3.09. The Labute approximate surface area is 133 Å². The first-order chi connectivity index (χ1) is 10.6. The number of thioether (sulfide) groups is 1. The Balaban J connectivity index is 1.65. The summed E-state index contributed by atoms with van der Waals surface area (Å²) in [4.78, 5) is 8.95. The molecule has 6 heteroatoms.